The van der Waals surface area contributed by atoms with Crippen LogP contribution in [0.2, 0.25) is 0 Å². The molecule has 8 nitrogen and oxygen atoms in total. The molecule has 0 bridgehead atoms. The average Bonchev–Trinajstić information content (AvgIpc) is 2.85. The zero-order valence-corrected chi connectivity index (χ0v) is 14.4. The number of hydrogen-bond donors (Lipinski definition) is 2. The summed E-state index contributed by atoms with van der Waals surface area (Å²) in [4.78, 5) is 14.7. The van der Waals surface area contributed by atoms with Gasteiger partial charge in [0.25, 0.3) is 0 Å². The number of guanidine groups is 1. The van der Waals surface area contributed by atoms with Gasteiger partial charge in [-0.3, -0.25) is 0 Å². The van der Waals surface area contributed by atoms with Crippen molar-refractivity contribution in [3.63, 3.8) is 0 Å². The van der Waals surface area contributed by atoms with Crippen LogP contribution in [0, 0.1) is 0 Å². The Morgan fingerprint density at radius 2 is 2.04 bits per heavy atom. The number of ether oxygens (including phenoxy) is 2. The maximum Gasteiger partial charge on any atom is 0.225 e. The molecule has 25 heavy (non-hydrogen) atoms. The fourth-order valence-electron chi connectivity index (χ4n) is 2.28. The number of anilines is 2. The van der Waals surface area contributed by atoms with Gasteiger partial charge in [0.05, 0.1) is 25.5 Å². The topological polar surface area (TPSA) is 97.9 Å². The molecule has 0 unspecified atom stereocenters. The van der Waals surface area contributed by atoms with Gasteiger partial charge >= 0.3 is 0 Å². The molecule has 3 N–H and O–H groups in total. The summed E-state index contributed by atoms with van der Waals surface area (Å²) >= 11 is 0. The third-order valence-electron chi connectivity index (χ3n) is 3.53. The fourth-order valence-corrected chi connectivity index (χ4v) is 2.28. The first kappa shape index (κ1) is 16.8. The van der Waals surface area contributed by atoms with Crippen molar-refractivity contribution in [1.82, 2.24) is 9.97 Å². The van der Waals surface area contributed by atoms with Crippen LogP contribution in [0.4, 0.5) is 11.6 Å². The van der Waals surface area contributed by atoms with Crippen LogP contribution in [-0.4, -0.2) is 43.2 Å². The molecule has 1 aliphatic heterocycles. The van der Waals surface area contributed by atoms with Gasteiger partial charge in [-0.05, 0) is 18.2 Å². The van der Waals surface area contributed by atoms with Crippen LogP contribution in [0.1, 0.15) is 12.1 Å². The smallest absolute Gasteiger partial charge is 0.225 e. The van der Waals surface area contributed by atoms with Gasteiger partial charge in [0.15, 0.2) is 17.5 Å². The molecule has 2 heterocycles. The minimum Gasteiger partial charge on any atom is -0.490 e. The number of hydrogen-bond acceptors (Lipinski definition) is 6. The largest absolute Gasteiger partial charge is 0.490 e. The van der Waals surface area contributed by atoms with E-state index in [2.05, 4.69) is 20.3 Å². The van der Waals surface area contributed by atoms with Crippen LogP contribution in [0.25, 0.3) is 0 Å². The first-order chi connectivity index (χ1) is 12.1. The summed E-state index contributed by atoms with van der Waals surface area (Å²) < 4.78 is 11.3. The normalized spacial score (nSPS) is 13.9. The van der Waals surface area contributed by atoms with Gasteiger partial charge in [-0.1, -0.05) is 0 Å². The fraction of sp³-hybridized carbons (Fsp3) is 0.353. The van der Waals surface area contributed by atoms with E-state index in [0.717, 1.165) is 23.6 Å². The highest BCUT2D eigenvalue weighted by atomic mass is 16.5. The van der Waals surface area contributed by atoms with E-state index < -0.39 is 0 Å². The lowest BCUT2D eigenvalue weighted by molar-refractivity contribution is 0.297. The minimum atomic E-state index is 0.305. The van der Waals surface area contributed by atoms with Crippen molar-refractivity contribution in [2.45, 2.75) is 13.0 Å². The van der Waals surface area contributed by atoms with Gasteiger partial charge in [0, 0.05) is 38.5 Å². The molecule has 0 amide bonds. The SMILES string of the molecule is CN(C)c1nccc(CN=C(N)Nc2ccc3c(c2)OCCCO3)n1. The van der Waals surface area contributed by atoms with Crippen molar-refractivity contribution in [2.75, 3.05) is 37.5 Å². The van der Waals surface area contributed by atoms with E-state index in [9.17, 15) is 0 Å². The molecule has 2 aromatic rings. The molecule has 0 fully saturated rings. The number of fused-ring (bicyclic) bond motifs is 1. The third-order valence-corrected chi connectivity index (χ3v) is 3.53. The molecule has 0 saturated heterocycles. The van der Waals surface area contributed by atoms with Crippen LogP contribution in [0.3, 0.4) is 0 Å². The molecule has 0 atom stereocenters. The number of nitrogens with two attached hydrogens (primary N) is 1. The lowest BCUT2D eigenvalue weighted by Gasteiger charge is -2.11. The number of aliphatic imine (C=N–C) groups is 1. The van der Waals surface area contributed by atoms with Crippen LogP contribution < -0.4 is 25.4 Å². The van der Waals surface area contributed by atoms with Gasteiger partial charge in [-0.15, -0.1) is 0 Å². The Balaban J connectivity index is 1.65. The number of nitrogens with one attached hydrogen (secondary N) is 1. The molecule has 0 aliphatic carbocycles. The van der Waals surface area contributed by atoms with Gasteiger partial charge in [-0.25, -0.2) is 15.0 Å². The van der Waals surface area contributed by atoms with Crippen molar-refractivity contribution in [1.29, 1.82) is 0 Å². The molecule has 132 valence electrons. The number of aromatic nitrogens is 2. The Labute approximate surface area is 146 Å². The first-order valence-electron chi connectivity index (χ1n) is 8.07. The van der Waals surface area contributed by atoms with Crippen molar-refractivity contribution in [3.05, 3.63) is 36.2 Å². The van der Waals surface area contributed by atoms with Crippen LogP contribution in [0.5, 0.6) is 11.5 Å². The molecule has 1 aromatic heterocycles. The van der Waals surface area contributed by atoms with Gasteiger partial charge in [0.1, 0.15) is 0 Å². The molecule has 8 heteroatoms. The zero-order chi connectivity index (χ0) is 17.6. The Morgan fingerprint density at radius 1 is 1.24 bits per heavy atom. The van der Waals surface area contributed by atoms with Crippen LogP contribution in [-0.2, 0) is 6.54 Å². The zero-order valence-electron chi connectivity index (χ0n) is 14.4. The van der Waals surface area contributed by atoms with Crippen LogP contribution >= 0.6 is 0 Å². The van der Waals surface area contributed by atoms with Crippen molar-refractivity contribution in [2.24, 2.45) is 10.7 Å². The minimum absolute atomic E-state index is 0.305. The average molecular weight is 342 g/mol. The molecule has 0 saturated carbocycles. The highest BCUT2D eigenvalue weighted by Crippen LogP contribution is 2.32. The lowest BCUT2D eigenvalue weighted by Crippen LogP contribution is -2.22. The Hall–Kier alpha value is -3.03. The van der Waals surface area contributed by atoms with Gasteiger partial charge in [-0.2, -0.15) is 0 Å². The van der Waals surface area contributed by atoms with Crippen molar-refractivity contribution >= 4 is 17.6 Å². The Kier molecular flexibility index (Phi) is 5.17. The van der Waals surface area contributed by atoms with E-state index in [-0.39, 0.29) is 0 Å². The van der Waals surface area contributed by atoms with Crippen molar-refractivity contribution in [3.8, 4) is 11.5 Å². The van der Waals surface area contributed by atoms with E-state index in [1.807, 2.05) is 43.3 Å². The van der Waals surface area contributed by atoms with E-state index in [1.54, 1.807) is 6.20 Å². The summed E-state index contributed by atoms with van der Waals surface area (Å²) in [7, 11) is 3.78. The van der Waals surface area contributed by atoms with Gasteiger partial charge < -0.3 is 25.4 Å². The second-order valence-electron chi connectivity index (χ2n) is 5.78. The summed E-state index contributed by atoms with van der Waals surface area (Å²) in [5, 5.41) is 3.06. The summed E-state index contributed by atoms with van der Waals surface area (Å²) in [5.74, 6) is 2.40. The maximum atomic E-state index is 5.97. The standard InChI is InChI=1S/C17H22N6O2/c1-23(2)17-19-7-6-13(22-17)11-20-16(18)21-12-4-5-14-15(10-12)25-9-3-8-24-14/h4-7,10H,3,8-9,11H2,1-2H3,(H3,18,20,21). The second-order valence-corrected chi connectivity index (χ2v) is 5.78. The summed E-state index contributed by atoms with van der Waals surface area (Å²) in [6.07, 6.45) is 2.58. The van der Waals surface area contributed by atoms with E-state index in [1.165, 1.54) is 0 Å². The molecule has 1 aliphatic rings. The Morgan fingerprint density at radius 3 is 2.84 bits per heavy atom. The van der Waals surface area contributed by atoms with E-state index in [0.29, 0.717) is 37.4 Å². The molecule has 1 aromatic carbocycles. The Bertz CT molecular complexity index is 763. The number of benzene rings is 1. The number of rotatable bonds is 4. The number of nitrogens with zero attached hydrogens (tertiary/aromatic N) is 4. The molecule has 3 rings (SSSR count). The van der Waals surface area contributed by atoms with E-state index in [4.69, 9.17) is 15.2 Å². The molecular formula is C17H22N6O2. The predicted molar refractivity (Wildman–Crippen MR) is 97.4 cm³/mol. The summed E-state index contributed by atoms with van der Waals surface area (Å²) in [5.41, 5.74) is 7.56. The molecule has 0 radical (unpaired) electrons. The van der Waals surface area contributed by atoms with Crippen LogP contribution in [0.15, 0.2) is 35.5 Å². The van der Waals surface area contributed by atoms with Gasteiger partial charge in [0.2, 0.25) is 5.95 Å². The lowest BCUT2D eigenvalue weighted by atomic mass is 10.3. The molecule has 0 spiro atoms. The quantitative estimate of drug-likeness (QED) is 0.644. The highest BCUT2D eigenvalue weighted by Gasteiger charge is 2.11. The third kappa shape index (κ3) is 4.50. The highest BCUT2D eigenvalue weighted by molar-refractivity contribution is 5.92. The van der Waals surface area contributed by atoms with E-state index >= 15 is 0 Å². The van der Waals surface area contributed by atoms with Crippen molar-refractivity contribution < 1.29 is 9.47 Å². The second kappa shape index (κ2) is 7.69. The monoisotopic (exact) mass is 342 g/mol. The molecular weight excluding hydrogens is 320 g/mol. The maximum absolute atomic E-state index is 5.97. The first-order valence-corrected chi connectivity index (χ1v) is 8.07. The summed E-state index contributed by atoms with van der Waals surface area (Å²) in [6.45, 7) is 1.67. The predicted octanol–water partition coefficient (Wildman–Crippen LogP) is 1.63. The summed E-state index contributed by atoms with van der Waals surface area (Å²) in [6, 6.07) is 7.42.